The van der Waals surface area contributed by atoms with E-state index in [1.807, 2.05) is 0 Å². The van der Waals surface area contributed by atoms with Gasteiger partial charge in [0.25, 0.3) is 6.43 Å². The molecule has 0 N–H and O–H groups in total. The molecule has 0 saturated carbocycles. The highest BCUT2D eigenvalue weighted by Crippen LogP contribution is 2.18. The Kier molecular flexibility index (Phi) is 5.46. The summed E-state index contributed by atoms with van der Waals surface area (Å²) in [6.45, 7) is 2.61. The number of hydrogen-bond donors (Lipinski definition) is 0. The summed E-state index contributed by atoms with van der Waals surface area (Å²) >= 11 is 0. The smallest absolute Gasteiger partial charge is 0.263 e. The zero-order valence-electron chi connectivity index (χ0n) is 9.20. The molecule has 88 valence electrons. The van der Waals surface area contributed by atoms with Crippen LogP contribution in [0.4, 0.5) is 8.78 Å². The van der Waals surface area contributed by atoms with Crippen LogP contribution in [0.25, 0.3) is 0 Å². The number of rotatable bonds is 6. The van der Waals surface area contributed by atoms with Gasteiger partial charge in [0.15, 0.2) is 0 Å². The molecule has 0 aliphatic heterocycles. The average molecular weight is 227 g/mol. The molecule has 1 aromatic rings. The zero-order chi connectivity index (χ0) is 11.8. The van der Waals surface area contributed by atoms with Crippen molar-refractivity contribution in [2.24, 2.45) is 5.16 Å². The lowest BCUT2D eigenvalue weighted by atomic mass is 10.1. The molecule has 0 amide bonds. The van der Waals surface area contributed by atoms with Gasteiger partial charge in [-0.15, -0.1) is 0 Å². The molecule has 0 unspecified atom stereocenters. The van der Waals surface area contributed by atoms with Gasteiger partial charge in [-0.05, 0) is 18.1 Å². The molecule has 16 heavy (non-hydrogen) atoms. The van der Waals surface area contributed by atoms with E-state index in [1.165, 1.54) is 18.3 Å². The molecule has 1 aromatic carbocycles. The Bertz CT molecular complexity index is 340. The number of unbranched alkanes of at least 4 members (excludes halogenated alkanes) is 1. The van der Waals surface area contributed by atoms with E-state index in [0.29, 0.717) is 12.2 Å². The molecule has 0 spiro atoms. The first kappa shape index (κ1) is 12.6. The summed E-state index contributed by atoms with van der Waals surface area (Å²) in [6.07, 6.45) is 0.973. The van der Waals surface area contributed by atoms with Crippen LogP contribution in [-0.4, -0.2) is 12.8 Å². The van der Waals surface area contributed by atoms with E-state index in [2.05, 4.69) is 12.1 Å². The van der Waals surface area contributed by atoms with E-state index < -0.39 is 6.43 Å². The number of benzene rings is 1. The number of alkyl halides is 2. The molecule has 0 heterocycles. The fraction of sp³-hybridized carbons (Fsp3) is 0.417. The molecule has 0 aliphatic rings. The largest absolute Gasteiger partial charge is 0.396 e. The van der Waals surface area contributed by atoms with Crippen LogP contribution >= 0.6 is 0 Å². The highest BCUT2D eigenvalue weighted by molar-refractivity contribution is 5.79. The Morgan fingerprint density at radius 2 is 2.25 bits per heavy atom. The topological polar surface area (TPSA) is 21.6 Å². The monoisotopic (exact) mass is 227 g/mol. The third-order valence-electron chi connectivity index (χ3n) is 2.03. The third-order valence-corrected chi connectivity index (χ3v) is 2.03. The van der Waals surface area contributed by atoms with Crippen LogP contribution in [0.1, 0.15) is 37.3 Å². The average Bonchev–Trinajstić information content (AvgIpc) is 2.29. The van der Waals surface area contributed by atoms with Crippen LogP contribution in [0.5, 0.6) is 0 Å². The second-order valence-electron chi connectivity index (χ2n) is 3.39. The minimum atomic E-state index is -2.45. The third kappa shape index (κ3) is 4.38. The van der Waals surface area contributed by atoms with Crippen LogP contribution in [-0.2, 0) is 4.84 Å². The maximum absolute atomic E-state index is 12.4. The Labute approximate surface area is 93.9 Å². The molecule has 0 saturated heterocycles. The molecular formula is C12H15F2NO. The number of halogens is 2. The van der Waals surface area contributed by atoms with Gasteiger partial charge < -0.3 is 4.84 Å². The summed E-state index contributed by atoms with van der Waals surface area (Å²) in [5.74, 6) is 0. The minimum absolute atomic E-state index is 0.00231. The van der Waals surface area contributed by atoms with Crippen molar-refractivity contribution < 1.29 is 13.6 Å². The predicted octanol–water partition coefficient (Wildman–Crippen LogP) is 3.77. The van der Waals surface area contributed by atoms with Gasteiger partial charge in [-0.2, -0.15) is 0 Å². The maximum atomic E-state index is 12.4. The van der Waals surface area contributed by atoms with Gasteiger partial charge in [-0.25, -0.2) is 8.78 Å². The van der Waals surface area contributed by atoms with Crippen molar-refractivity contribution in [3.05, 3.63) is 35.4 Å². The highest BCUT2D eigenvalue weighted by Gasteiger charge is 2.05. The van der Waals surface area contributed by atoms with Gasteiger partial charge >= 0.3 is 0 Å². The Morgan fingerprint density at radius 3 is 2.94 bits per heavy atom. The van der Waals surface area contributed by atoms with E-state index in [4.69, 9.17) is 4.84 Å². The Hall–Kier alpha value is -1.45. The van der Waals surface area contributed by atoms with Gasteiger partial charge in [0.2, 0.25) is 0 Å². The summed E-state index contributed by atoms with van der Waals surface area (Å²) in [7, 11) is 0. The standard InChI is InChI=1S/C12H15F2NO/c1-2-3-7-16-15-9-10-5-4-6-11(8-10)12(13)14/h4-6,8-9,12H,2-3,7H2,1H3. The van der Waals surface area contributed by atoms with E-state index in [-0.39, 0.29) is 5.56 Å². The van der Waals surface area contributed by atoms with Gasteiger partial charge in [-0.1, -0.05) is 36.7 Å². The van der Waals surface area contributed by atoms with Crippen LogP contribution in [0.2, 0.25) is 0 Å². The summed E-state index contributed by atoms with van der Waals surface area (Å²) in [6, 6.07) is 6.07. The maximum Gasteiger partial charge on any atom is 0.263 e. The van der Waals surface area contributed by atoms with Crippen LogP contribution in [0.15, 0.2) is 29.4 Å². The quantitative estimate of drug-likeness (QED) is 0.412. The van der Waals surface area contributed by atoms with E-state index in [0.717, 1.165) is 12.8 Å². The fourth-order valence-electron chi connectivity index (χ4n) is 1.13. The summed E-state index contributed by atoms with van der Waals surface area (Å²) in [5, 5.41) is 3.71. The van der Waals surface area contributed by atoms with Crippen molar-refractivity contribution >= 4 is 6.21 Å². The molecular weight excluding hydrogens is 212 g/mol. The molecule has 0 bridgehead atoms. The van der Waals surface area contributed by atoms with E-state index in [9.17, 15) is 8.78 Å². The molecule has 1 rings (SSSR count). The van der Waals surface area contributed by atoms with Gasteiger partial charge in [0.05, 0.1) is 6.21 Å². The molecule has 0 aliphatic carbocycles. The van der Waals surface area contributed by atoms with Crippen LogP contribution < -0.4 is 0 Å². The first-order valence-corrected chi connectivity index (χ1v) is 5.27. The van der Waals surface area contributed by atoms with Gasteiger partial charge in [-0.3, -0.25) is 0 Å². The van der Waals surface area contributed by atoms with Crippen molar-refractivity contribution in [3.63, 3.8) is 0 Å². The van der Waals surface area contributed by atoms with Crippen molar-refractivity contribution in [3.8, 4) is 0 Å². The Morgan fingerprint density at radius 1 is 1.44 bits per heavy atom. The lowest BCUT2D eigenvalue weighted by Gasteiger charge is -2.00. The molecule has 0 fully saturated rings. The van der Waals surface area contributed by atoms with Crippen molar-refractivity contribution in [2.75, 3.05) is 6.61 Å². The minimum Gasteiger partial charge on any atom is -0.396 e. The summed E-state index contributed by atoms with van der Waals surface area (Å²) < 4.78 is 24.7. The fourth-order valence-corrected chi connectivity index (χ4v) is 1.13. The molecule has 0 aromatic heterocycles. The summed E-state index contributed by atoms with van der Waals surface area (Å²) in [4.78, 5) is 4.96. The normalized spacial score (nSPS) is 11.2. The second-order valence-corrected chi connectivity index (χ2v) is 3.39. The molecule has 0 radical (unpaired) electrons. The van der Waals surface area contributed by atoms with Crippen molar-refractivity contribution in [2.45, 2.75) is 26.2 Å². The van der Waals surface area contributed by atoms with Crippen molar-refractivity contribution in [1.29, 1.82) is 0 Å². The molecule has 2 nitrogen and oxygen atoms in total. The lowest BCUT2D eigenvalue weighted by Crippen LogP contribution is -1.90. The number of oxime groups is 1. The van der Waals surface area contributed by atoms with E-state index >= 15 is 0 Å². The van der Waals surface area contributed by atoms with Crippen LogP contribution in [0.3, 0.4) is 0 Å². The van der Waals surface area contributed by atoms with Gasteiger partial charge in [0.1, 0.15) is 6.61 Å². The summed E-state index contributed by atoms with van der Waals surface area (Å²) in [5.41, 5.74) is 0.617. The predicted molar refractivity (Wildman–Crippen MR) is 59.9 cm³/mol. The van der Waals surface area contributed by atoms with Crippen molar-refractivity contribution in [1.82, 2.24) is 0 Å². The Balaban J connectivity index is 2.50. The zero-order valence-corrected chi connectivity index (χ0v) is 9.20. The first-order valence-electron chi connectivity index (χ1n) is 5.27. The number of nitrogens with zero attached hydrogens (tertiary/aromatic N) is 1. The highest BCUT2D eigenvalue weighted by atomic mass is 19.3. The first-order chi connectivity index (χ1) is 7.74. The second kappa shape index (κ2) is 6.93. The molecule has 4 heteroatoms. The molecule has 0 atom stereocenters. The number of hydrogen-bond acceptors (Lipinski definition) is 2. The lowest BCUT2D eigenvalue weighted by molar-refractivity contribution is 0.142. The SMILES string of the molecule is CCCCON=Cc1cccc(C(F)F)c1. The van der Waals surface area contributed by atoms with Crippen LogP contribution in [0, 0.1) is 0 Å². The van der Waals surface area contributed by atoms with Gasteiger partial charge in [0, 0.05) is 5.56 Å². The van der Waals surface area contributed by atoms with E-state index in [1.54, 1.807) is 12.1 Å².